The van der Waals surface area contributed by atoms with Gasteiger partial charge in [0.25, 0.3) is 0 Å². The van der Waals surface area contributed by atoms with E-state index in [1.165, 1.54) is 12.0 Å². The summed E-state index contributed by atoms with van der Waals surface area (Å²) in [5.41, 5.74) is 8.95. The molecule has 2 rings (SSSR count). The highest BCUT2D eigenvalue weighted by Crippen LogP contribution is 2.31. The smallest absolute Gasteiger partial charge is 0.142 e. The minimum absolute atomic E-state index is 0.704. The summed E-state index contributed by atoms with van der Waals surface area (Å²) in [4.78, 5) is 0. The van der Waals surface area contributed by atoms with Crippen LogP contribution in [-0.4, -0.2) is 13.7 Å². The van der Waals surface area contributed by atoms with E-state index in [0.29, 0.717) is 5.69 Å². The molecule has 0 saturated carbocycles. The normalized spacial score (nSPS) is 14.5. The van der Waals surface area contributed by atoms with Crippen LogP contribution in [-0.2, 0) is 6.42 Å². The van der Waals surface area contributed by atoms with Crippen molar-refractivity contribution < 1.29 is 4.74 Å². The Labute approximate surface area is 77.9 Å². The molecule has 13 heavy (non-hydrogen) atoms. The fourth-order valence-electron chi connectivity index (χ4n) is 1.69. The second-order valence-corrected chi connectivity index (χ2v) is 3.28. The van der Waals surface area contributed by atoms with Gasteiger partial charge in [-0.05, 0) is 30.5 Å². The first-order valence-corrected chi connectivity index (χ1v) is 4.51. The van der Waals surface area contributed by atoms with E-state index in [1.807, 2.05) is 12.1 Å². The SMILES string of the molecule is COc1cc2c(cc1N)NCCC2. The van der Waals surface area contributed by atoms with Crippen LogP contribution in [0.15, 0.2) is 12.1 Å². The Hall–Kier alpha value is -1.38. The molecule has 1 aliphatic rings. The third-order valence-electron chi connectivity index (χ3n) is 2.39. The summed E-state index contributed by atoms with van der Waals surface area (Å²) in [6.07, 6.45) is 2.29. The van der Waals surface area contributed by atoms with Crippen LogP contribution in [0.1, 0.15) is 12.0 Å². The topological polar surface area (TPSA) is 47.3 Å². The van der Waals surface area contributed by atoms with Gasteiger partial charge in [0.1, 0.15) is 5.75 Å². The number of nitrogen functional groups attached to an aromatic ring is 1. The number of hydrogen-bond donors (Lipinski definition) is 2. The highest BCUT2D eigenvalue weighted by atomic mass is 16.5. The van der Waals surface area contributed by atoms with E-state index in [1.54, 1.807) is 7.11 Å². The number of benzene rings is 1. The van der Waals surface area contributed by atoms with Crippen molar-refractivity contribution in [2.75, 3.05) is 24.7 Å². The zero-order valence-electron chi connectivity index (χ0n) is 7.76. The predicted octanol–water partition coefficient (Wildman–Crippen LogP) is 1.64. The van der Waals surface area contributed by atoms with Crippen LogP contribution in [0.3, 0.4) is 0 Å². The van der Waals surface area contributed by atoms with E-state index >= 15 is 0 Å². The van der Waals surface area contributed by atoms with Crippen LogP contribution in [0.4, 0.5) is 11.4 Å². The summed E-state index contributed by atoms with van der Waals surface area (Å²) in [5, 5.41) is 3.32. The lowest BCUT2D eigenvalue weighted by atomic mass is 10.0. The monoisotopic (exact) mass is 178 g/mol. The van der Waals surface area contributed by atoms with Gasteiger partial charge in [-0.1, -0.05) is 0 Å². The van der Waals surface area contributed by atoms with Gasteiger partial charge in [-0.2, -0.15) is 0 Å². The van der Waals surface area contributed by atoms with Gasteiger partial charge in [-0.15, -0.1) is 0 Å². The highest BCUT2D eigenvalue weighted by molar-refractivity contribution is 5.67. The standard InChI is InChI=1S/C10H14N2O/c1-13-10-5-7-3-2-4-12-9(7)6-8(10)11/h5-6,12H,2-4,11H2,1H3. The van der Waals surface area contributed by atoms with Crippen molar-refractivity contribution in [2.24, 2.45) is 0 Å². The maximum Gasteiger partial charge on any atom is 0.142 e. The molecule has 3 N–H and O–H groups in total. The Morgan fingerprint density at radius 1 is 1.46 bits per heavy atom. The van der Waals surface area contributed by atoms with Crippen LogP contribution in [0.5, 0.6) is 5.75 Å². The number of hydrogen-bond acceptors (Lipinski definition) is 3. The van der Waals surface area contributed by atoms with Crippen LogP contribution >= 0.6 is 0 Å². The minimum atomic E-state index is 0.704. The Kier molecular flexibility index (Phi) is 2.00. The Balaban J connectivity index is 2.44. The minimum Gasteiger partial charge on any atom is -0.495 e. The number of nitrogens with two attached hydrogens (primary N) is 1. The van der Waals surface area contributed by atoms with Crippen molar-refractivity contribution in [1.82, 2.24) is 0 Å². The highest BCUT2D eigenvalue weighted by Gasteiger charge is 2.11. The molecule has 1 aliphatic heterocycles. The lowest BCUT2D eigenvalue weighted by Crippen LogP contribution is -2.12. The van der Waals surface area contributed by atoms with Gasteiger partial charge in [-0.25, -0.2) is 0 Å². The van der Waals surface area contributed by atoms with Crippen molar-refractivity contribution in [3.8, 4) is 5.75 Å². The first-order chi connectivity index (χ1) is 6.31. The van der Waals surface area contributed by atoms with Gasteiger partial charge in [-0.3, -0.25) is 0 Å². The molecule has 1 aromatic carbocycles. The molecule has 70 valence electrons. The summed E-state index contributed by atoms with van der Waals surface area (Å²) in [6.45, 7) is 1.04. The maximum absolute atomic E-state index is 5.79. The van der Waals surface area contributed by atoms with Crippen molar-refractivity contribution in [2.45, 2.75) is 12.8 Å². The molecule has 0 atom stereocenters. The molecule has 1 aromatic rings. The summed E-state index contributed by atoms with van der Waals surface area (Å²) < 4.78 is 5.16. The lowest BCUT2D eigenvalue weighted by Gasteiger charge is -2.19. The summed E-state index contributed by atoms with van der Waals surface area (Å²) in [5.74, 6) is 0.780. The molecule has 0 spiro atoms. The van der Waals surface area contributed by atoms with Gasteiger partial charge in [0.05, 0.1) is 12.8 Å². The largest absolute Gasteiger partial charge is 0.495 e. The maximum atomic E-state index is 5.79. The molecule has 3 nitrogen and oxygen atoms in total. The van der Waals surface area contributed by atoms with Gasteiger partial charge < -0.3 is 15.8 Å². The average molecular weight is 178 g/mol. The third-order valence-corrected chi connectivity index (χ3v) is 2.39. The quantitative estimate of drug-likeness (QED) is 0.642. The molecule has 0 unspecified atom stereocenters. The fourth-order valence-corrected chi connectivity index (χ4v) is 1.69. The molecular formula is C10H14N2O. The Morgan fingerprint density at radius 3 is 3.08 bits per heavy atom. The number of methoxy groups -OCH3 is 1. The zero-order valence-corrected chi connectivity index (χ0v) is 7.76. The van der Waals surface area contributed by atoms with Crippen molar-refractivity contribution >= 4 is 11.4 Å². The Bertz CT molecular complexity index is 323. The van der Waals surface area contributed by atoms with Crippen LogP contribution < -0.4 is 15.8 Å². The fraction of sp³-hybridized carbons (Fsp3) is 0.400. The van der Waals surface area contributed by atoms with Crippen molar-refractivity contribution in [3.05, 3.63) is 17.7 Å². The van der Waals surface area contributed by atoms with Crippen molar-refractivity contribution in [1.29, 1.82) is 0 Å². The lowest BCUT2D eigenvalue weighted by molar-refractivity contribution is 0.416. The van der Waals surface area contributed by atoms with Crippen LogP contribution in [0.2, 0.25) is 0 Å². The van der Waals surface area contributed by atoms with E-state index < -0.39 is 0 Å². The first-order valence-electron chi connectivity index (χ1n) is 4.51. The molecule has 0 saturated heterocycles. The number of fused-ring (bicyclic) bond motifs is 1. The van der Waals surface area contributed by atoms with Gasteiger partial charge in [0, 0.05) is 12.2 Å². The molecule has 3 heteroatoms. The zero-order chi connectivity index (χ0) is 9.26. The number of anilines is 2. The molecular weight excluding hydrogens is 164 g/mol. The average Bonchev–Trinajstić information content (AvgIpc) is 2.17. The van der Waals surface area contributed by atoms with E-state index in [2.05, 4.69) is 5.32 Å². The molecule has 0 bridgehead atoms. The summed E-state index contributed by atoms with van der Waals surface area (Å²) in [7, 11) is 1.65. The van der Waals surface area contributed by atoms with E-state index in [9.17, 15) is 0 Å². The molecule has 0 aliphatic carbocycles. The van der Waals surface area contributed by atoms with Gasteiger partial charge in [0.2, 0.25) is 0 Å². The number of rotatable bonds is 1. The molecule has 0 aromatic heterocycles. The molecule has 0 amide bonds. The van der Waals surface area contributed by atoms with E-state index in [0.717, 1.165) is 24.4 Å². The van der Waals surface area contributed by atoms with Crippen LogP contribution in [0, 0.1) is 0 Å². The van der Waals surface area contributed by atoms with Gasteiger partial charge in [0.15, 0.2) is 0 Å². The first kappa shape index (κ1) is 8.23. The second-order valence-electron chi connectivity index (χ2n) is 3.28. The van der Waals surface area contributed by atoms with Crippen LogP contribution in [0.25, 0.3) is 0 Å². The van der Waals surface area contributed by atoms with E-state index in [4.69, 9.17) is 10.5 Å². The Morgan fingerprint density at radius 2 is 2.31 bits per heavy atom. The molecule has 0 radical (unpaired) electrons. The number of ether oxygens (including phenoxy) is 1. The predicted molar refractivity (Wildman–Crippen MR) is 54.2 cm³/mol. The van der Waals surface area contributed by atoms with Crippen molar-refractivity contribution in [3.63, 3.8) is 0 Å². The summed E-state index contributed by atoms with van der Waals surface area (Å²) >= 11 is 0. The third kappa shape index (κ3) is 1.41. The number of aryl methyl sites for hydroxylation is 1. The van der Waals surface area contributed by atoms with Gasteiger partial charge >= 0.3 is 0 Å². The second kappa shape index (κ2) is 3.17. The van der Waals surface area contributed by atoms with E-state index in [-0.39, 0.29) is 0 Å². The number of nitrogens with one attached hydrogen (secondary N) is 1. The molecule has 0 fully saturated rings. The molecule has 1 heterocycles. The summed E-state index contributed by atoms with van der Waals surface area (Å²) in [6, 6.07) is 3.98.